The molecule has 0 aromatic heterocycles. The normalized spacial score (nSPS) is 12.0. The zero-order valence-electron chi connectivity index (χ0n) is 7.44. The Morgan fingerprint density at radius 3 is 2.69 bits per heavy atom. The third-order valence-corrected chi connectivity index (χ3v) is 1.62. The van der Waals surface area contributed by atoms with Gasteiger partial charge in [-0.2, -0.15) is 0 Å². The molecular weight excluding hydrogens is 162 g/mol. The molecule has 0 saturated carbocycles. The minimum absolute atomic E-state index is 0.302. The van der Waals surface area contributed by atoms with Crippen LogP contribution in [-0.4, -0.2) is 12.6 Å². The molecule has 0 spiro atoms. The summed E-state index contributed by atoms with van der Waals surface area (Å²) >= 11 is 0. The average Bonchev–Trinajstić information content (AvgIpc) is 2.19. The molecule has 2 N–H and O–H groups in total. The van der Waals surface area contributed by atoms with Crippen molar-refractivity contribution in [2.75, 3.05) is 6.61 Å². The van der Waals surface area contributed by atoms with Crippen LogP contribution in [0.1, 0.15) is 5.56 Å². The molecule has 0 radical (unpaired) electrons. The van der Waals surface area contributed by atoms with Gasteiger partial charge in [-0.3, -0.25) is 0 Å². The molecule has 0 amide bonds. The van der Waals surface area contributed by atoms with Gasteiger partial charge in [0.2, 0.25) is 0 Å². The van der Waals surface area contributed by atoms with Crippen LogP contribution < -0.4 is 5.73 Å². The number of nitrogens with two attached hydrogens (primary N) is 1. The molecule has 1 aromatic carbocycles. The van der Waals surface area contributed by atoms with Gasteiger partial charge in [0.1, 0.15) is 0 Å². The predicted molar refractivity (Wildman–Crippen MR) is 52.9 cm³/mol. The second kappa shape index (κ2) is 5.36. The van der Waals surface area contributed by atoms with Gasteiger partial charge in [0, 0.05) is 0 Å². The third-order valence-electron chi connectivity index (χ3n) is 1.62. The van der Waals surface area contributed by atoms with Gasteiger partial charge < -0.3 is 10.5 Å². The Morgan fingerprint density at radius 2 is 2.08 bits per heavy atom. The van der Waals surface area contributed by atoms with Crippen molar-refractivity contribution < 1.29 is 4.74 Å². The van der Waals surface area contributed by atoms with E-state index in [2.05, 4.69) is 5.92 Å². The van der Waals surface area contributed by atoms with Crippen LogP contribution in [0, 0.1) is 12.3 Å². The van der Waals surface area contributed by atoms with E-state index < -0.39 is 0 Å². The maximum atomic E-state index is 5.48. The molecule has 1 aromatic rings. The molecule has 0 aliphatic rings. The molecule has 68 valence electrons. The Hall–Kier alpha value is -1.30. The Bertz CT molecular complexity index is 276. The van der Waals surface area contributed by atoms with Gasteiger partial charge in [-0.15, -0.1) is 6.42 Å². The van der Waals surface area contributed by atoms with E-state index in [0.717, 1.165) is 5.56 Å². The highest BCUT2D eigenvalue weighted by molar-refractivity contribution is 5.13. The fraction of sp³-hybridized carbons (Fsp3) is 0.273. The molecule has 0 aliphatic carbocycles. The molecule has 13 heavy (non-hydrogen) atoms. The summed E-state index contributed by atoms with van der Waals surface area (Å²) in [5.41, 5.74) is 6.61. The number of rotatable bonds is 4. The quantitative estimate of drug-likeness (QED) is 0.697. The maximum Gasteiger partial charge on any atom is 0.0899 e. The van der Waals surface area contributed by atoms with E-state index in [9.17, 15) is 0 Å². The van der Waals surface area contributed by atoms with E-state index in [4.69, 9.17) is 16.9 Å². The molecule has 1 atom stereocenters. The molecule has 2 heteroatoms. The van der Waals surface area contributed by atoms with Crippen molar-refractivity contribution >= 4 is 0 Å². The van der Waals surface area contributed by atoms with E-state index in [-0.39, 0.29) is 6.04 Å². The van der Waals surface area contributed by atoms with Crippen molar-refractivity contribution in [1.29, 1.82) is 0 Å². The average molecular weight is 175 g/mol. The molecule has 0 saturated heterocycles. The van der Waals surface area contributed by atoms with E-state index in [1.54, 1.807) is 0 Å². The molecule has 2 nitrogen and oxygen atoms in total. The summed E-state index contributed by atoms with van der Waals surface area (Å²) in [6.07, 6.45) is 5.10. The van der Waals surface area contributed by atoms with Crippen LogP contribution in [0.5, 0.6) is 0 Å². The lowest BCUT2D eigenvalue weighted by Gasteiger charge is -2.05. The standard InChI is InChI=1S/C11H13NO/c1-2-11(12)9-13-8-10-6-4-3-5-7-10/h1,3-7,11H,8-9,12H2/t11-/m0/s1. The maximum absolute atomic E-state index is 5.48. The van der Waals surface area contributed by atoms with E-state index in [1.807, 2.05) is 30.3 Å². The fourth-order valence-electron chi connectivity index (χ4n) is 0.926. The first-order chi connectivity index (χ1) is 6.33. The largest absolute Gasteiger partial charge is 0.374 e. The summed E-state index contributed by atoms with van der Waals surface area (Å²) in [5, 5.41) is 0. The SMILES string of the molecule is C#C[C@H](N)COCc1ccccc1. The summed E-state index contributed by atoms with van der Waals surface area (Å²) in [6.45, 7) is 0.974. The summed E-state index contributed by atoms with van der Waals surface area (Å²) in [6, 6.07) is 9.61. The van der Waals surface area contributed by atoms with Crippen LogP contribution in [-0.2, 0) is 11.3 Å². The first-order valence-corrected chi connectivity index (χ1v) is 4.16. The fourth-order valence-corrected chi connectivity index (χ4v) is 0.926. The van der Waals surface area contributed by atoms with E-state index >= 15 is 0 Å². The second-order valence-electron chi connectivity index (χ2n) is 2.77. The van der Waals surface area contributed by atoms with Gasteiger partial charge >= 0.3 is 0 Å². The minimum Gasteiger partial charge on any atom is -0.374 e. The van der Waals surface area contributed by atoms with E-state index in [1.165, 1.54) is 0 Å². The van der Waals surface area contributed by atoms with Gasteiger partial charge in [0.15, 0.2) is 0 Å². The van der Waals surface area contributed by atoms with Crippen LogP contribution in [0.4, 0.5) is 0 Å². The van der Waals surface area contributed by atoms with Gasteiger partial charge in [-0.05, 0) is 5.56 Å². The van der Waals surface area contributed by atoms with Crippen molar-refractivity contribution in [1.82, 2.24) is 0 Å². The Balaban J connectivity index is 2.25. The van der Waals surface area contributed by atoms with Gasteiger partial charge in [-0.25, -0.2) is 0 Å². The summed E-state index contributed by atoms with van der Waals surface area (Å²) in [4.78, 5) is 0. The summed E-state index contributed by atoms with van der Waals surface area (Å²) in [7, 11) is 0. The predicted octanol–water partition coefficient (Wildman–Crippen LogP) is 1.16. The van der Waals surface area contributed by atoms with Crippen LogP contribution >= 0.6 is 0 Å². The van der Waals surface area contributed by atoms with E-state index in [0.29, 0.717) is 13.2 Å². The first kappa shape index (κ1) is 9.79. The summed E-state index contributed by atoms with van der Waals surface area (Å²) in [5.74, 6) is 2.40. The smallest absolute Gasteiger partial charge is 0.0899 e. The van der Waals surface area contributed by atoms with Gasteiger partial charge in [-0.1, -0.05) is 36.3 Å². The lowest BCUT2D eigenvalue weighted by molar-refractivity contribution is 0.118. The van der Waals surface area contributed by atoms with Crippen LogP contribution in [0.3, 0.4) is 0 Å². The second-order valence-corrected chi connectivity index (χ2v) is 2.77. The molecule has 0 heterocycles. The minimum atomic E-state index is -0.302. The topological polar surface area (TPSA) is 35.2 Å². The Kier molecular flexibility index (Phi) is 4.04. The Labute approximate surface area is 78.7 Å². The highest BCUT2D eigenvalue weighted by atomic mass is 16.5. The van der Waals surface area contributed by atoms with Crippen LogP contribution in [0.25, 0.3) is 0 Å². The number of hydrogen-bond donors (Lipinski definition) is 1. The molecule has 0 fully saturated rings. The number of benzene rings is 1. The molecule has 0 aliphatic heterocycles. The number of hydrogen-bond acceptors (Lipinski definition) is 2. The zero-order chi connectivity index (χ0) is 9.52. The number of ether oxygens (including phenoxy) is 1. The molecule has 0 unspecified atom stereocenters. The van der Waals surface area contributed by atoms with Crippen molar-refractivity contribution in [3.63, 3.8) is 0 Å². The zero-order valence-corrected chi connectivity index (χ0v) is 7.44. The van der Waals surface area contributed by atoms with Crippen molar-refractivity contribution in [3.05, 3.63) is 35.9 Å². The van der Waals surface area contributed by atoms with Gasteiger partial charge in [0.25, 0.3) is 0 Å². The molecular formula is C11H13NO. The van der Waals surface area contributed by atoms with Crippen molar-refractivity contribution in [2.45, 2.75) is 12.6 Å². The molecule has 1 rings (SSSR count). The lowest BCUT2D eigenvalue weighted by atomic mass is 10.2. The summed E-state index contributed by atoms with van der Waals surface area (Å²) < 4.78 is 5.30. The van der Waals surface area contributed by atoms with Crippen molar-refractivity contribution in [3.8, 4) is 12.3 Å². The third kappa shape index (κ3) is 3.75. The number of terminal acetylenes is 1. The Morgan fingerprint density at radius 1 is 1.38 bits per heavy atom. The van der Waals surface area contributed by atoms with Crippen LogP contribution in [0.2, 0.25) is 0 Å². The van der Waals surface area contributed by atoms with Gasteiger partial charge in [0.05, 0.1) is 19.3 Å². The monoisotopic (exact) mass is 175 g/mol. The van der Waals surface area contributed by atoms with Crippen molar-refractivity contribution in [2.24, 2.45) is 5.73 Å². The van der Waals surface area contributed by atoms with Crippen LogP contribution in [0.15, 0.2) is 30.3 Å². The lowest BCUT2D eigenvalue weighted by Crippen LogP contribution is -2.23. The highest BCUT2D eigenvalue weighted by Gasteiger charge is 1.96. The first-order valence-electron chi connectivity index (χ1n) is 4.16. The highest BCUT2D eigenvalue weighted by Crippen LogP contribution is 2.00. The molecule has 0 bridgehead atoms.